The molecule has 19 heavy (non-hydrogen) atoms. The third-order valence-electron chi connectivity index (χ3n) is 2.79. The summed E-state index contributed by atoms with van der Waals surface area (Å²) >= 11 is 0. The fourth-order valence-electron chi connectivity index (χ4n) is 1.81. The Morgan fingerprint density at radius 3 is 2.53 bits per heavy atom. The van der Waals surface area contributed by atoms with Gasteiger partial charge in [-0.05, 0) is 45.4 Å². The minimum absolute atomic E-state index is 0.0913. The summed E-state index contributed by atoms with van der Waals surface area (Å²) in [4.78, 5) is 17.7. The van der Waals surface area contributed by atoms with Crippen molar-refractivity contribution in [2.75, 3.05) is 13.1 Å². The molecule has 1 heterocycles. The van der Waals surface area contributed by atoms with Crippen LogP contribution in [0.15, 0.2) is 24.5 Å². The van der Waals surface area contributed by atoms with Gasteiger partial charge in [0, 0.05) is 18.9 Å². The number of carbonyl (C=O) groups excluding carboxylic acids is 1. The van der Waals surface area contributed by atoms with E-state index in [-0.39, 0.29) is 12.1 Å². The second-order valence-electron chi connectivity index (χ2n) is 5.28. The number of pyridine rings is 1. The van der Waals surface area contributed by atoms with Crippen molar-refractivity contribution in [3.63, 3.8) is 0 Å². The van der Waals surface area contributed by atoms with Crippen LogP contribution in [0.25, 0.3) is 0 Å². The first-order valence-corrected chi connectivity index (χ1v) is 6.51. The summed E-state index contributed by atoms with van der Waals surface area (Å²) in [5.41, 5.74) is 0.107. The normalized spacial score (nSPS) is 12.9. The first-order valence-electron chi connectivity index (χ1n) is 6.51. The molecule has 0 saturated heterocycles. The second kappa shape index (κ2) is 6.52. The Hall–Kier alpha value is -1.62. The lowest BCUT2D eigenvalue weighted by Crippen LogP contribution is -2.47. The number of likely N-dealkylation sites (N-methyl/N-ethyl adjacent to an activating group) is 1. The number of hydrogen-bond donors (Lipinski definition) is 2. The van der Waals surface area contributed by atoms with Gasteiger partial charge in [-0.15, -0.1) is 0 Å². The quantitative estimate of drug-likeness (QED) is 0.855. The molecule has 1 rings (SSSR count). The van der Waals surface area contributed by atoms with E-state index in [0.717, 1.165) is 5.56 Å². The Balaban J connectivity index is 2.62. The molecule has 1 aromatic heterocycles. The van der Waals surface area contributed by atoms with Crippen molar-refractivity contribution in [3.8, 4) is 0 Å². The van der Waals surface area contributed by atoms with E-state index >= 15 is 0 Å². The second-order valence-corrected chi connectivity index (χ2v) is 5.28. The SMILES string of the molecule is CCN(CC(C)(C)O)C(=O)NC(C)c1ccncc1. The molecule has 1 atom stereocenters. The standard InChI is InChI=1S/C14H23N3O2/c1-5-17(10-14(3,4)19)13(18)16-11(2)12-6-8-15-9-7-12/h6-9,11,19H,5,10H2,1-4H3,(H,16,18). The maximum Gasteiger partial charge on any atom is 0.317 e. The smallest absolute Gasteiger partial charge is 0.317 e. The first kappa shape index (κ1) is 15.4. The number of nitrogens with one attached hydrogen (secondary N) is 1. The topological polar surface area (TPSA) is 65.5 Å². The van der Waals surface area contributed by atoms with Crippen LogP contribution >= 0.6 is 0 Å². The van der Waals surface area contributed by atoms with E-state index in [4.69, 9.17) is 0 Å². The van der Waals surface area contributed by atoms with E-state index in [2.05, 4.69) is 10.3 Å². The van der Waals surface area contributed by atoms with Crippen LogP contribution in [0, 0.1) is 0 Å². The number of nitrogens with zero attached hydrogens (tertiary/aromatic N) is 2. The van der Waals surface area contributed by atoms with Crippen LogP contribution in [0.3, 0.4) is 0 Å². The molecule has 0 radical (unpaired) electrons. The van der Waals surface area contributed by atoms with Gasteiger partial charge in [-0.25, -0.2) is 4.79 Å². The molecule has 5 nitrogen and oxygen atoms in total. The molecule has 1 unspecified atom stereocenters. The number of carbonyl (C=O) groups is 1. The Labute approximate surface area is 114 Å². The van der Waals surface area contributed by atoms with E-state index in [1.807, 2.05) is 26.0 Å². The van der Waals surface area contributed by atoms with Crippen molar-refractivity contribution in [2.45, 2.75) is 39.3 Å². The fourth-order valence-corrected chi connectivity index (χ4v) is 1.81. The molecule has 0 spiro atoms. The van der Waals surface area contributed by atoms with Crippen LogP contribution in [0.2, 0.25) is 0 Å². The van der Waals surface area contributed by atoms with Crippen molar-refractivity contribution in [1.29, 1.82) is 0 Å². The van der Waals surface area contributed by atoms with Crippen LogP contribution in [-0.4, -0.2) is 39.7 Å². The lowest BCUT2D eigenvalue weighted by molar-refractivity contribution is 0.0476. The van der Waals surface area contributed by atoms with Gasteiger partial charge in [0.2, 0.25) is 0 Å². The predicted octanol–water partition coefficient (Wildman–Crippen LogP) is 1.95. The van der Waals surface area contributed by atoms with E-state index < -0.39 is 5.60 Å². The van der Waals surface area contributed by atoms with Crippen molar-refractivity contribution in [3.05, 3.63) is 30.1 Å². The summed E-state index contributed by atoms with van der Waals surface area (Å²) in [7, 11) is 0. The zero-order valence-corrected chi connectivity index (χ0v) is 12.1. The molecule has 0 fully saturated rings. The van der Waals surface area contributed by atoms with Gasteiger partial charge >= 0.3 is 6.03 Å². The third kappa shape index (κ3) is 5.26. The highest BCUT2D eigenvalue weighted by atomic mass is 16.3. The summed E-state index contributed by atoms with van der Waals surface area (Å²) < 4.78 is 0. The highest BCUT2D eigenvalue weighted by Crippen LogP contribution is 2.12. The maximum atomic E-state index is 12.1. The fraction of sp³-hybridized carbons (Fsp3) is 0.571. The van der Waals surface area contributed by atoms with Gasteiger partial charge in [0.25, 0.3) is 0 Å². The number of hydrogen-bond acceptors (Lipinski definition) is 3. The van der Waals surface area contributed by atoms with Crippen molar-refractivity contribution < 1.29 is 9.90 Å². The lowest BCUT2D eigenvalue weighted by atomic mass is 10.1. The largest absolute Gasteiger partial charge is 0.389 e. The highest BCUT2D eigenvalue weighted by molar-refractivity contribution is 5.74. The molecule has 106 valence electrons. The Bertz CT molecular complexity index is 401. The Kier molecular flexibility index (Phi) is 5.30. The highest BCUT2D eigenvalue weighted by Gasteiger charge is 2.22. The van der Waals surface area contributed by atoms with Crippen molar-refractivity contribution >= 4 is 6.03 Å². The number of rotatable bonds is 5. The molecule has 1 aromatic rings. The van der Waals surface area contributed by atoms with E-state index in [0.29, 0.717) is 13.1 Å². The monoisotopic (exact) mass is 265 g/mol. The van der Waals surface area contributed by atoms with Gasteiger partial charge in [0.15, 0.2) is 0 Å². The summed E-state index contributed by atoms with van der Waals surface area (Å²) in [5, 5.41) is 12.7. The maximum absolute atomic E-state index is 12.1. The minimum atomic E-state index is -0.896. The van der Waals surface area contributed by atoms with Crippen LogP contribution in [-0.2, 0) is 0 Å². The number of aromatic nitrogens is 1. The van der Waals surface area contributed by atoms with Crippen LogP contribution < -0.4 is 5.32 Å². The molecule has 0 aliphatic heterocycles. The van der Waals surface area contributed by atoms with E-state index in [1.165, 1.54) is 0 Å². The molecule has 0 aliphatic rings. The van der Waals surface area contributed by atoms with Crippen LogP contribution in [0.5, 0.6) is 0 Å². The summed E-state index contributed by atoms with van der Waals surface area (Å²) in [6.45, 7) is 8.05. The molecule has 2 amide bonds. The van der Waals surface area contributed by atoms with Crippen molar-refractivity contribution in [1.82, 2.24) is 15.2 Å². The minimum Gasteiger partial charge on any atom is -0.389 e. The molecule has 0 aliphatic carbocycles. The molecule has 0 bridgehead atoms. The molecule has 0 aromatic carbocycles. The van der Waals surface area contributed by atoms with E-state index in [1.54, 1.807) is 31.1 Å². The molecule has 0 saturated carbocycles. The molecule has 5 heteroatoms. The van der Waals surface area contributed by atoms with Crippen LogP contribution in [0.1, 0.15) is 39.3 Å². The van der Waals surface area contributed by atoms with Gasteiger partial charge in [-0.1, -0.05) is 0 Å². The van der Waals surface area contributed by atoms with E-state index in [9.17, 15) is 9.90 Å². The van der Waals surface area contributed by atoms with Gasteiger partial charge in [-0.2, -0.15) is 0 Å². The third-order valence-corrected chi connectivity index (χ3v) is 2.79. The van der Waals surface area contributed by atoms with Gasteiger partial charge < -0.3 is 15.3 Å². The zero-order valence-electron chi connectivity index (χ0n) is 12.1. The lowest BCUT2D eigenvalue weighted by Gasteiger charge is -2.29. The summed E-state index contributed by atoms with van der Waals surface area (Å²) in [6, 6.07) is 3.48. The average Bonchev–Trinajstić information content (AvgIpc) is 2.35. The Morgan fingerprint density at radius 1 is 1.47 bits per heavy atom. The average molecular weight is 265 g/mol. The number of amides is 2. The van der Waals surface area contributed by atoms with Gasteiger partial charge in [-0.3, -0.25) is 4.98 Å². The first-order chi connectivity index (χ1) is 8.83. The molecular formula is C14H23N3O2. The molecular weight excluding hydrogens is 242 g/mol. The predicted molar refractivity (Wildman–Crippen MR) is 74.7 cm³/mol. The Morgan fingerprint density at radius 2 is 2.05 bits per heavy atom. The number of aliphatic hydroxyl groups is 1. The number of urea groups is 1. The summed E-state index contributed by atoms with van der Waals surface area (Å²) in [6.07, 6.45) is 3.40. The summed E-state index contributed by atoms with van der Waals surface area (Å²) in [5.74, 6) is 0. The van der Waals surface area contributed by atoms with Crippen molar-refractivity contribution in [2.24, 2.45) is 0 Å². The van der Waals surface area contributed by atoms with Crippen LogP contribution in [0.4, 0.5) is 4.79 Å². The van der Waals surface area contributed by atoms with Gasteiger partial charge in [0.05, 0.1) is 18.2 Å². The van der Waals surface area contributed by atoms with Gasteiger partial charge in [0.1, 0.15) is 0 Å². The molecule has 2 N–H and O–H groups in total. The zero-order chi connectivity index (χ0) is 14.5.